The Hall–Kier alpha value is -0.580. The second-order valence-electron chi connectivity index (χ2n) is 7.17. The molecular formula is C19H28BrClN2O. The molecule has 3 nitrogen and oxygen atoms in total. The zero-order valence-corrected chi connectivity index (χ0v) is 16.7. The maximum atomic E-state index is 12.9. The zero-order chi connectivity index (χ0) is 16.2. The highest BCUT2D eigenvalue weighted by Crippen LogP contribution is 2.31. The van der Waals surface area contributed by atoms with E-state index in [0.717, 1.165) is 24.1 Å². The molecule has 134 valence electrons. The summed E-state index contributed by atoms with van der Waals surface area (Å²) in [5.74, 6) is 1.46. The Bertz CT molecular complexity index is 544. The van der Waals surface area contributed by atoms with Gasteiger partial charge in [0.2, 0.25) is 5.91 Å². The van der Waals surface area contributed by atoms with E-state index in [-0.39, 0.29) is 12.4 Å². The molecule has 1 aliphatic carbocycles. The number of hydrogen-bond donors (Lipinski definition) is 1. The van der Waals surface area contributed by atoms with E-state index in [1.165, 1.54) is 31.2 Å². The first kappa shape index (κ1) is 19.7. The van der Waals surface area contributed by atoms with Crippen LogP contribution < -0.4 is 5.32 Å². The number of nitrogens with one attached hydrogen (secondary N) is 1. The van der Waals surface area contributed by atoms with Gasteiger partial charge in [0.25, 0.3) is 0 Å². The Kier molecular flexibility index (Phi) is 7.58. The number of piperidine rings is 1. The summed E-state index contributed by atoms with van der Waals surface area (Å²) >= 11 is 3.52. The fourth-order valence-corrected chi connectivity index (χ4v) is 4.01. The van der Waals surface area contributed by atoms with Crippen LogP contribution in [-0.4, -0.2) is 29.9 Å². The van der Waals surface area contributed by atoms with Crippen LogP contribution in [0.25, 0.3) is 0 Å². The normalized spacial score (nSPS) is 21.7. The minimum absolute atomic E-state index is 0. The zero-order valence-electron chi connectivity index (χ0n) is 14.3. The molecule has 2 aliphatic rings. The molecule has 1 saturated carbocycles. The van der Waals surface area contributed by atoms with Gasteiger partial charge in [-0.05, 0) is 68.3 Å². The Morgan fingerprint density at radius 1 is 1.38 bits per heavy atom. The van der Waals surface area contributed by atoms with Gasteiger partial charge in [-0.3, -0.25) is 4.79 Å². The molecule has 1 heterocycles. The van der Waals surface area contributed by atoms with Crippen LogP contribution in [0, 0.1) is 11.8 Å². The Balaban J connectivity index is 0.00000208. The first-order valence-electron chi connectivity index (χ1n) is 8.88. The minimum Gasteiger partial charge on any atom is -0.335 e. The van der Waals surface area contributed by atoms with E-state index in [9.17, 15) is 4.79 Å². The summed E-state index contributed by atoms with van der Waals surface area (Å²) in [5, 5.41) is 3.47. The van der Waals surface area contributed by atoms with Crippen LogP contribution in [0.15, 0.2) is 28.7 Å². The molecule has 1 aromatic rings. The van der Waals surface area contributed by atoms with Gasteiger partial charge in [0, 0.05) is 23.5 Å². The van der Waals surface area contributed by atoms with Gasteiger partial charge < -0.3 is 10.2 Å². The van der Waals surface area contributed by atoms with Crippen molar-refractivity contribution in [1.82, 2.24) is 10.2 Å². The molecule has 2 atom stereocenters. The summed E-state index contributed by atoms with van der Waals surface area (Å²) in [5.41, 5.74) is 1.21. The summed E-state index contributed by atoms with van der Waals surface area (Å²) < 4.78 is 1.08. The lowest BCUT2D eigenvalue weighted by Crippen LogP contribution is -2.37. The van der Waals surface area contributed by atoms with Crippen LogP contribution in [0.2, 0.25) is 0 Å². The van der Waals surface area contributed by atoms with Crippen LogP contribution in [-0.2, 0) is 11.3 Å². The van der Waals surface area contributed by atoms with Crippen molar-refractivity contribution in [3.63, 3.8) is 0 Å². The fraction of sp³-hybridized carbons (Fsp3) is 0.632. The van der Waals surface area contributed by atoms with Gasteiger partial charge in [-0.15, -0.1) is 12.4 Å². The largest absolute Gasteiger partial charge is 0.335 e. The number of amides is 1. The molecule has 0 radical (unpaired) electrons. The molecule has 0 spiro atoms. The number of halogens is 2. The van der Waals surface area contributed by atoms with E-state index in [1.54, 1.807) is 0 Å². The quantitative estimate of drug-likeness (QED) is 0.747. The molecule has 1 saturated heterocycles. The fourth-order valence-electron chi connectivity index (χ4n) is 3.56. The number of carbonyl (C=O) groups excluding carboxylic acids is 1. The minimum atomic E-state index is 0. The van der Waals surface area contributed by atoms with Crippen LogP contribution in [0.5, 0.6) is 0 Å². The summed E-state index contributed by atoms with van der Waals surface area (Å²) in [7, 11) is 0. The molecule has 0 bridgehead atoms. The van der Waals surface area contributed by atoms with Crippen molar-refractivity contribution in [2.24, 2.45) is 11.8 Å². The van der Waals surface area contributed by atoms with E-state index in [0.29, 0.717) is 30.2 Å². The van der Waals surface area contributed by atoms with Crippen LogP contribution in [0.4, 0.5) is 0 Å². The molecule has 24 heavy (non-hydrogen) atoms. The monoisotopic (exact) mass is 414 g/mol. The van der Waals surface area contributed by atoms with Crippen molar-refractivity contribution in [2.45, 2.75) is 51.6 Å². The van der Waals surface area contributed by atoms with Crippen molar-refractivity contribution in [3.8, 4) is 0 Å². The molecule has 5 heteroatoms. The molecule has 3 rings (SSSR count). The topological polar surface area (TPSA) is 32.3 Å². The van der Waals surface area contributed by atoms with Crippen LogP contribution in [0.1, 0.15) is 44.6 Å². The van der Waals surface area contributed by atoms with E-state index in [1.807, 2.05) is 12.1 Å². The van der Waals surface area contributed by atoms with Gasteiger partial charge in [-0.2, -0.15) is 0 Å². The Morgan fingerprint density at radius 3 is 2.79 bits per heavy atom. The smallest absolute Gasteiger partial charge is 0.223 e. The number of rotatable bonds is 6. The first-order valence-corrected chi connectivity index (χ1v) is 9.67. The molecular weight excluding hydrogens is 388 g/mol. The van der Waals surface area contributed by atoms with Gasteiger partial charge in [-0.25, -0.2) is 0 Å². The van der Waals surface area contributed by atoms with Gasteiger partial charge >= 0.3 is 0 Å². The lowest BCUT2D eigenvalue weighted by molar-refractivity contribution is -0.133. The maximum Gasteiger partial charge on any atom is 0.223 e. The number of hydrogen-bond acceptors (Lipinski definition) is 2. The summed E-state index contributed by atoms with van der Waals surface area (Å²) in [6, 6.07) is 8.79. The van der Waals surface area contributed by atoms with Crippen molar-refractivity contribution in [3.05, 3.63) is 34.3 Å². The van der Waals surface area contributed by atoms with E-state index < -0.39 is 0 Å². The molecule has 1 N–H and O–H groups in total. The predicted molar refractivity (Wildman–Crippen MR) is 104 cm³/mol. The summed E-state index contributed by atoms with van der Waals surface area (Å²) in [6.45, 7) is 5.20. The van der Waals surface area contributed by atoms with E-state index in [2.05, 4.69) is 45.2 Å². The molecule has 0 aromatic heterocycles. The molecule has 1 aromatic carbocycles. The maximum absolute atomic E-state index is 12.9. The Labute approximate surface area is 160 Å². The SMILES string of the molecule is CC(CC(=O)N(Cc1cccc(Br)c1)C1CC1)C1CCCNC1.Cl. The van der Waals surface area contributed by atoms with Crippen LogP contribution >= 0.6 is 28.3 Å². The van der Waals surface area contributed by atoms with Crippen molar-refractivity contribution in [2.75, 3.05) is 13.1 Å². The van der Waals surface area contributed by atoms with Crippen molar-refractivity contribution >= 4 is 34.2 Å². The van der Waals surface area contributed by atoms with Gasteiger partial charge in [0.15, 0.2) is 0 Å². The number of benzene rings is 1. The standard InChI is InChI=1S/C19H27BrN2O.ClH/c1-14(16-5-3-9-21-12-16)10-19(23)22(18-7-8-18)13-15-4-2-6-17(20)11-15;/h2,4,6,11,14,16,18,21H,3,5,7-10,12-13H2,1H3;1H. The molecule has 1 amide bonds. The second-order valence-corrected chi connectivity index (χ2v) is 8.09. The summed E-state index contributed by atoms with van der Waals surface area (Å²) in [4.78, 5) is 15.0. The van der Waals surface area contributed by atoms with Crippen molar-refractivity contribution in [1.29, 1.82) is 0 Å². The molecule has 2 fully saturated rings. The van der Waals surface area contributed by atoms with Gasteiger partial charge in [0.05, 0.1) is 0 Å². The van der Waals surface area contributed by atoms with Crippen molar-refractivity contribution < 1.29 is 4.79 Å². The number of nitrogens with zero attached hydrogens (tertiary/aromatic N) is 1. The lowest BCUT2D eigenvalue weighted by atomic mass is 9.85. The van der Waals surface area contributed by atoms with Gasteiger partial charge in [0.1, 0.15) is 0 Å². The third kappa shape index (κ3) is 5.47. The predicted octanol–water partition coefficient (Wildman–Crippen LogP) is 4.39. The third-order valence-corrected chi connectivity index (χ3v) is 5.68. The first-order chi connectivity index (χ1) is 11.1. The van der Waals surface area contributed by atoms with Crippen LogP contribution in [0.3, 0.4) is 0 Å². The highest BCUT2D eigenvalue weighted by molar-refractivity contribution is 9.10. The lowest BCUT2D eigenvalue weighted by Gasteiger charge is -2.30. The van der Waals surface area contributed by atoms with E-state index in [4.69, 9.17) is 0 Å². The Morgan fingerprint density at radius 2 is 2.17 bits per heavy atom. The van der Waals surface area contributed by atoms with E-state index >= 15 is 0 Å². The molecule has 1 aliphatic heterocycles. The summed E-state index contributed by atoms with van der Waals surface area (Å²) in [6.07, 6.45) is 5.53. The average Bonchev–Trinajstić information content (AvgIpc) is 3.38. The highest BCUT2D eigenvalue weighted by atomic mass is 79.9. The second kappa shape index (κ2) is 9.21. The highest BCUT2D eigenvalue weighted by Gasteiger charge is 2.34. The third-order valence-electron chi connectivity index (χ3n) is 5.19. The average molecular weight is 416 g/mol. The number of carbonyl (C=O) groups is 1. The van der Waals surface area contributed by atoms with Gasteiger partial charge in [-0.1, -0.05) is 35.0 Å². The molecule has 2 unspecified atom stereocenters.